The van der Waals surface area contributed by atoms with Crippen LogP contribution in [-0.2, 0) is 9.53 Å². The van der Waals surface area contributed by atoms with Gasteiger partial charge in [-0.2, -0.15) is 0 Å². The zero-order chi connectivity index (χ0) is 17.3. The Morgan fingerprint density at radius 1 is 1.29 bits per heavy atom. The van der Waals surface area contributed by atoms with Crippen LogP contribution in [0.4, 0.5) is 5.82 Å². The van der Waals surface area contributed by atoms with Gasteiger partial charge in [0.2, 0.25) is 5.91 Å². The quantitative estimate of drug-likeness (QED) is 0.825. The fraction of sp³-hybridized carbons (Fsp3) is 0.722. The summed E-state index contributed by atoms with van der Waals surface area (Å²) in [6.07, 6.45) is 2.04. The van der Waals surface area contributed by atoms with Gasteiger partial charge in [-0.15, -0.1) is 0 Å². The Labute approximate surface area is 144 Å². The van der Waals surface area contributed by atoms with Crippen molar-refractivity contribution in [1.82, 2.24) is 14.9 Å². The number of anilines is 1. The number of hydrogen-bond acceptors (Lipinski definition) is 5. The van der Waals surface area contributed by atoms with E-state index in [2.05, 4.69) is 34.8 Å². The molecule has 4 rings (SSSR count). The maximum atomic E-state index is 12.7. The molecule has 0 aliphatic carbocycles. The minimum Gasteiger partial charge on any atom is -0.383 e. The SMILES string of the molecule is COCCN1C(=O)[C@@H]2CC[C@H]1CN(c1cc(C(C)C)nc(C)n1)C2. The van der Waals surface area contributed by atoms with Crippen molar-refractivity contribution in [3.63, 3.8) is 0 Å². The first kappa shape index (κ1) is 17.1. The number of piperidine rings is 1. The van der Waals surface area contributed by atoms with Crippen molar-refractivity contribution in [2.75, 3.05) is 38.3 Å². The van der Waals surface area contributed by atoms with Gasteiger partial charge in [-0.05, 0) is 25.7 Å². The first-order chi connectivity index (χ1) is 11.5. The molecule has 3 aliphatic heterocycles. The fourth-order valence-corrected chi connectivity index (χ4v) is 3.74. The van der Waals surface area contributed by atoms with Crippen molar-refractivity contribution in [3.05, 3.63) is 17.6 Å². The van der Waals surface area contributed by atoms with Gasteiger partial charge in [0, 0.05) is 44.5 Å². The van der Waals surface area contributed by atoms with Crippen molar-refractivity contribution in [2.45, 2.75) is 45.6 Å². The lowest BCUT2D eigenvalue weighted by Gasteiger charge is -2.35. The smallest absolute Gasteiger partial charge is 0.227 e. The fourth-order valence-electron chi connectivity index (χ4n) is 3.74. The molecule has 0 spiro atoms. The number of methoxy groups -OCH3 is 1. The van der Waals surface area contributed by atoms with Crippen LogP contribution >= 0.6 is 0 Å². The molecule has 3 fully saturated rings. The molecule has 6 nitrogen and oxygen atoms in total. The van der Waals surface area contributed by atoms with Crippen molar-refractivity contribution in [1.29, 1.82) is 0 Å². The predicted molar refractivity (Wildman–Crippen MR) is 93.2 cm³/mol. The molecule has 4 heterocycles. The van der Waals surface area contributed by atoms with E-state index in [-0.39, 0.29) is 17.9 Å². The van der Waals surface area contributed by atoms with E-state index >= 15 is 0 Å². The zero-order valence-electron chi connectivity index (χ0n) is 15.2. The van der Waals surface area contributed by atoms with Crippen LogP contribution < -0.4 is 4.90 Å². The lowest BCUT2D eigenvalue weighted by Crippen LogP contribution is -2.49. The summed E-state index contributed by atoms with van der Waals surface area (Å²) in [5.41, 5.74) is 1.07. The van der Waals surface area contributed by atoms with Crippen molar-refractivity contribution in [2.24, 2.45) is 5.92 Å². The van der Waals surface area contributed by atoms with Gasteiger partial charge >= 0.3 is 0 Å². The van der Waals surface area contributed by atoms with Crippen LogP contribution in [0.1, 0.15) is 44.1 Å². The summed E-state index contributed by atoms with van der Waals surface area (Å²) in [6.45, 7) is 9.12. The third-order valence-electron chi connectivity index (χ3n) is 5.09. The molecule has 1 aromatic rings. The van der Waals surface area contributed by atoms with Gasteiger partial charge in [-0.3, -0.25) is 4.79 Å². The Bertz CT molecular complexity index is 605. The van der Waals surface area contributed by atoms with E-state index in [1.54, 1.807) is 7.11 Å². The van der Waals surface area contributed by atoms with Crippen molar-refractivity contribution >= 4 is 11.7 Å². The van der Waals surface area contributed by atoms with E-state index in [1.807, 2.05) is 11.8 Å². The van der Waals surface area contributed by atoms with Gasteiger partial charge in [-0.25, -0.2) is 9.97 Å². The Morgan fingerprint density at radius 2 is 2.08 bits per heavy atom. The minimum atomic E-state index is 0.0679. The summed E-state index contributed by atoms with van der Waals surface area (Å²) in [6, 6.07) is 2.34. The molecule has 0 unspecified atom stereocenters. The maximum Gasteiger partial charge on any atom is 0.227 e. The lowest BCUT2D eigenvalue weighted by atomic mass is 9.94. The number of aromatic nitrogens is 2. The number of carbonyl (C=O) groups excluding carboxylic acids is 1. The van der Waals surface area contributed by atoms with E-state index in [0.717, 1.165) is 43.3 Å². The molecule has 1 aromatic heterocycles. The van der Waals surface area contributed by atoms with E-state index in [9.17, 15) is 4.79 Å². The van der Waals surface area contributed by atoms with Gasteiger partial charge in [0.1, 0.15) is 11.6 Å². The molecule has 0 saturated carbocycles. The number of rotatable bonds is 5. The van der Waals surface area contributed by atoms with Crippen LogP contribution in [0.3, 0.4) is 0 Å². The molecule has 3 aliphatic rings. The second-order valence-electron chi connectivity index (χ2n) is 7.21. The van der Waals surface area contributed by atoms with Crippen LogP contribution in [0.15, 0.2) is 6.07 Å². The molecule has 0 radical (unpaired) electrons. The number of aryl methyl sites for hydroxylation is 1. The van der Waals surface area contributed by atoms with Crippen LogP contribution in [0.2, 0.25) is 0 Å². The molecular weight excluding hydrogens is 304 g/mol. The summed E-state index contributed by atoms with van der Waals surface area (Å²) in [5, 5.41) is 0. The lowest BCUT2D eigenvalue weighted by molar-refractivity contribution is -0.140. The summed E-state index contributed by atoms with van der Waals surface area (Å²) < 4.78 is 5.18. The van der Waals surface area contributed by atoms with Crippen LogP contribution in [0.5, 0.6) is 0 Å². The normalized spacial score (nSPS) is 24.0. The second kappa shape index (κ2) is 7.05. The minimum absolute atomic E-state index is 0.0679. The van der Waals surface area contributed by atoms with Gasteiger partial charge in [0.05, 0.1) is 12.5 Å². The Kier molecular flexibility index (Phi) is 5.04. The van der Waals surface area contributed by atoms with E-state index in [1.165, 1.54) is 0 Å². The van der Waals surface area contributed by atoms with Crippen molar-refractivity contribution < 1.29 is 9.53 Å². The summed E-state index contributed by atoms with van der Waals surface area (Å²) in [4.78, 5) is 26.2. The number of hydrogen-bond donors (Lipinski definition) is 0. The van der Waals surface area contributed by atoms with E-state index in [4.69, 9.17) is 4.74 Å². The Hall–Kier alpha value is -1.69. The molecule has 2 atom stereocenters. The largest absolute Gasteiger partial charge is 0.383 e. The first-order valence-electron chi connectivity index (χ1n) is 8.89. The Balaban J connectivity index is 1.85. The number of ether oxygens (including phenoxy) is 1. The van der Waals surface area contributed by atoms with Gasteiger partial charge < -0.3 is 14.5 Å². The highest BCUT2D eigenvalue weighted by atomic mass is 16.5. The molecule has 1 amide bonds. The van der Waals surface area contributed by atoms with Crippen LogP contribution in [-0.4, -0.2) is 60.2 Å². The Morgan fingerprint density at radius 3 is 2.79 bits per heavy atom. The van der Waals surface area contributed by atoms with E-state index in [0.29, 0.717) is 19.1 Å². The highest BCUT2D eigenvalue weighted by Gasteiger charge is 2.40. The summed E-state index contributed by atoms with van der Waals surface area (Å²) >= 11 is 0. The third kappa shape index (κ3) is 3.38. The molecular formula is C18H28N4O2. The monoisotopic (exact) mass is 332 g/mol. The summed E-state index contributed by atoms with van der Waals surface area (Å²) in [5.74, 6) is 2.48. The average Bonchev–Trinajstić information content (AvgIpc) is 2.84. The predicted octanol–water partition coefficient (Wildman–Crippen LogP) is 1.98. The first-order valence-corrected chi connectivity index (χ1v) is 8.89. The maximum absolute atomic E-state index is 12.7. The number of fused-ring (bicyclic) bond motifs is 4. The molecule has 24 heavy (non-hydrogen) atoms. The molecule has 6 heteroatoms. The number of amides is 1. The average molecular weight is 332 g/mol. The number of carbonyl (C=O) groups is 1. The standard InChI is InChI=1S/C18H28N4O2/c1-12(2)16-9-17(20-13(3)19-16)21-10-14-5-6-15(11-21)22(18(14)23)7-8-24-4/h9,12,14-15H,5-8,10-11H2,1-4H3/t14-,15+/m1/s1. The molecule has 132 valence electrons. The molecule has 2 bridgehead atoms. The molecule has 0 N–H and O–H groups in total. The molecule has 3 saturated heterocycles. The summed E-state index contributed by atoms with van der Waals surface area (Å²) in [7, 11) is 1.68. The van der Waals surface area contributed by atoms with Crippen LogP contribution in [0, 0.1) is 12.8 Å². The van der Waals surface area contributed by atoms with Crippen LogP contribution in [0.25, 0.3) is 0 Å². The second-order valence-corrected chi connectivity index (χ2v) is 7.21. The third-order valence-corrected chi connectivity index (χ3v) is 5.09. The number of nitrogens with zero attached hydrogens (tertiary/aromatic N) is 4. The molecule has 0 aromatic carbocycles. The highest BCUT2D eigenvalue weighted by Crippen LogP contribution is 2.31. The van der Waals surface area contributed by atoms with Gasteiger partial charge in [0.25, 0.3) is 0 Å². The zero-order valence-corrected chi connectivity index (χ0v) is 15.2. The van der Waals surface area contributed by atoms with E-state index < -0.39 is 0 Å². The van der Waals surface area contributed by atoms with Gasteiger partial charge in [-0.1, -0.05) is 13.8 Å². The van der Waals surface area contributed by atoms with Gasteiger partial charge in [0.15, 0.2) is 0 Å². The topological polar surface area (TPSA) is 58.6 Å². The highest BCUT2D eigenvalue weighted by molar-refractivity contribution is 5.81. The van der Waals surface area contributed by atoms with Crippen molar-refractivity contribution in [3.8, 4) is 0 Å².